The highest BCUT2D eigenvalue weighted by Gasteiger charge is 2.33. The normalized spacial score (nSPS) is 20.5. The van der Waals surface area contributed by atoms with E-state index < -0.39 is 5.60 Å². The Labute approximate surface area is 114 Å². The summed E-state index contributed by atoms with van der Waals surface area (Å²) in [7, 11) is 0. The van der Waals surface area contributed by atoms with Crippen molar-refractivity contribution in [1.29, 1.82) is 0 Å². The van der Waals surface area contributed by atoms with Crippen LogP contribution in [0.2, 0.25) is 0 Å². The van der Waals surface area contributed by atoms with Gasteiger partial charge in [0.25, 0.3) is 0 Å². The molecule has 0 aliphatic carbocycles. The number of ether oxygens (including phenoxy) is 1. The summed E-state index contributed by atoms with van der Waals surface area (Å²) in [5.74, 6) is -0.103. The molecule has 1 saturated heterocycles. The average Bonchev–Trinajstić information content (AvgIpc) is 2.76. The first-order valence-electron chi connectivity index (χ1n) is 6.81. The fourth-order valence-electron chi connectivity index (χ4n) is 2.38. The molecule has 0 N–H and O–H groups in total. The zero-order valence-corrected chi connectivity index (χ0v) is 11.9. The number of hydrogen-bond acceptors (Lipinski definition) is 4. The van der Waals surface area contributed by atoms with Crippen LogP contribution in [-0.4, -0.2) is 34.0 Å². The van der Waals surface area contributed by atoms with Crippen molar-refractivity contribution in [3.05, 3.63) is 30.1 Å². The first kappa shape index (κ1) is 14.0. The second kappa shape index (κ2) is 5.70. The fourth-order valence-corrected chi connectivity index (χ4v) is 2.38. The number of pyridine rings is 1. The average molecular weight is 262 g/mol. The van der Waals surface area contributed by atoms with Gasteiger partial charge in [0.2, 0.25) is 0 Å². The van der Waals surface area contributed by atoms with E-state index in [1.807, 2.05) is 39.1 Å². The van der Waals surface area contributed by atoms with Crippen LogP contribution in [0.5, 0.6) is 0 Å². The number of carbonyl (C=O) groups excluding carboxylic acids is 1. The number of likely N-dealkylation sites (tertiary alicyclic amines) is 1. The molecule has 1 aromatic rings. The molecule has 2 rings (SSSR count). The topological polar surface area (TPSA) is 42.4 Å². The summed E-state index contributed by atoms with van der Waals surface area (Å²) >= 11 is 0. The molecule has 0 radical (unpaired) electrons. The number of hydrogen-bond donors (Lipinski definition) is 0. The van der Waals surface area contributed by atoms with Gasteiger partial charge in [0, 0.05) is 18.9 Å². The predicted octanol–water partition coefficient (Wildman–Crippen LogP) is 2.39. The van der Waals surface area contributed by atoms with Crippen molar-refractivity contribution >= 4 is 5.97 Å². The highest BCUT2D eigenvalue weighted by molar-refractivity contribution is 5.76. The Kier molecular flexibility index (Phi) is 4.20. The maximum absolute atomic E-state index is 12.2. The molecule has 1 fully saturated rings. The molecule has 0 aromatic carbocycles. The van der Waals surface area contributed by atoms with Crippen LogP contribution >= 0.6 is 0 Å². The first-order chi connectivity index (χ1) is 8.96. The van der Waals surface area contributed by atoms with Crippen molar-refractivity contribution in [2.75, 3.05) is 6.54 Å². The van der Waals surface area contributed by atoms with Gasteiger partial charge in [-0.1, -0.05) is 6.07 Å². The van der Waals surface area contributed by atoms with Crippen molar-refractivity contribution < 1.29 is 9.53 Å². The lowest BCUT2D eigenvalue weighted by atomic mass is 10.1. The molecule has 1 atom stereocenters. The van der Waals surface area contributed by atoms with Gasteiger partial charge >= 0.3 is 5.97 Å². The highest BCUT2D eigenvalue weighted by Crippen LogP contribution is 2.22. The van der Waals surface area contributed by atoms with Crippen LogP contribution in [-0.2, 0) is 16.1 Å². The predicted molar refractivity (Wildman–Crippen MR) is 73.5 cm³/mol. The van der Waals surface area contributed by atoms with Gasteiger partial charge in [0.15, 0.2) is 0 Å². The Balaban J connectivity index is 1.99. The van der Waals surface area contributed by atoms with Gasteiger partial charge in [-0.2, -0.15) is 0 Å². The molecule has 4 nitrogen and oxygen atoms in total. The molecular weight excluding hydrogens is 240 g/mol. The monoisotopic (exact) mass is 262 g/mol. The van der Waals surface area contributed by atoms with Gasteiger partial charge in [-0.25, -0.2) is 0 Å². The van der Waals surface area contributed by atoms with Gasteiger partial charge < -0.3 is 4.74 Å². The molecule has 4 heteroatoms. The highest BCUT2D eigenvalue weighted by atomic mass is 16.6. The second-order valence-corrected chi connectivity index (χ2v) is 6.02. The lowest BCUT2D eigenvalue weighted by molar-refractivity contribution is -0.160. The van der Waals surface area contributed by atoms with E-state index in [-0.39, 0.29) is 12.0 Å². The molecule has 19 heavy (non-hydrogen) atoms. The Morgan fingerprint density at radius 2 is 2.32 bits per heavy atom. The number of rotatable bonds is 3. The van der Waals surface area contributed by atoms with Gasteiger partial charge in [-0.3, -0.25) is 14.7 Å². The van der Waals surface area contributed by atoms with E-state index in [1.54, 1.807) is 6.20 Å². The van der Waals surface area contributed by atoms with Gasteiger partial charge in [-0.05, 0) is 51.8 Å². The van der Waals surface area contributed by atoms with E-state index in [1.165, 1.54) is 0 Å². The van der Waals surface area contributed by atoms with E-state index >= 15 is 0 Å². The van der Waals surface area contributed by atoms with Crippen LogP contribution < -0.4 is 0 Å². The third-order valence-corrected chi connectivity index (χ3v) is 3.15. The number of esters is 1. The van der Waals surface area contributed by atoms with Crippen molar-refractivity contribution in [1.82, 2.24) is 9.88 Å². The lowest BCUT2D eigenvalue weighted by Crippen LogP contribution is -2.40. The van der Waals surface area contributed by atoms with E-state index in [9.17, 15) is 4.79 Å². The van der Waals surface area contributed by atoms with Crippen molar-refractivity contribution in [3.63, 3.8) is 0 Å². The Morgan fingerprint density at radius 1 is 1.53 bits per heavy atom. The smallest absolute Gasteiger partial charge is 0.323 e. The van der Waals surface area contributed by atoms with Crippen molar-refractivity contribution in [2.24, 2.45) is 0 Å². The summed E-state index contributed by atoms with van der Waals surface area (Å²) < 4.78 is 5.49. The zero-order valence-electron chi connectivity index (χ0n) is 11.9. The second-order valence-electron chi connectivity index (χ2n) is 6.02. The Morgan fingerprint density at radius 3 is 2.95 bits per heavy atom. The molecule has 2 heterocycles. The van der Waals surface area contributed by atoms with Gasteiger partial charge in [0.05, 0.1) is 0 Å². The number of nitrogens with zero attached hydrogens (tertiary/aromatic N) is 2. The molecule has 0 bridgehead atoms. The van der Waals surface area contributed by atoms with Crippen LogP contribution in [0.15, 0.2) is 24.5 Å². The molecule has 1 aliphatic rings. The van der Waals surface area contributed by atoms with Crippen molar-refractivity contribution in [3.8, 4) is 0 Å². The molecule has 1 aliphatic heterocycles. The molecular formula is C15H22N2O2. The minimum Gasteiger partial charge on any atom is -0.459 e. The molecule has 1 aromatic heterocycles. The summed E-state index contributed by atoms with van der Waals surface area (Å²) in [4.78, 5) is 18.5. The van der Waals surface area contributed by atoms with Gasteiger partial charge in [0.1, 0.15) is 11.6 Å². The molecule has 0 unspecified atom stereocenters. The maximum Gasteiger partial charge on any atom is 0.323 e. The number of carbonyl (C=O) groups is 1. The minimum atomic E-state index is -0.417. The van der Waals surface area contributed by atoms with E-state index in [0.717, 1.165) is 31.5 Å². The fraction of sp³-hybridized carbons (Fsp3) is 0.600. The van der Waals surface area contributed by atoms with Crippen LogP contribution in [0, 0.1) is 0 Å². The standard InChI is InChI=1S/C15H22N2O2/c1-15(2,3)19-14(18)13-7-5-9-17(13)11-12-6-4-8-16-10-12/h4,6,8,10,13H,5,7,9,11H2,1-3H3/t13-/m0/s1. The van der Waals surface area contributed by atoms with E-state index in [4.69, 9.17) is 4.74 Å². The zero-order chi connectivity index (χ0) is 13.9. The number of aromatic nitrogens is 1. The van der Waals surface area contributed by atoms with Crippen LogP contribution in [0.3, 0.4) is 0 Å². The first-order valence-corrected chi connectivity index (χ1v) is 6.81. The van der Waals surface area contributed by atoms with E-state index in [0.29, 0.717) is 0 Å². The van der Waals surface area contributed by atoms with Gasteiger partial charge in [-0.15, -0.1) is 0 Å². The molecule has 0 saturated carbocycles. The van der Waals surface area contributed by atoms with Crippen LogP contribution in [0.4, 0.5) is 0 Å². The van der Waals surface area contributed by atoms with E-state index in [2.05, 4.69) is 9.88 Å². The molecule has 0 spiro atoms. The Bertz CT molecular complexity index is 426. The third-order valence-electron chi connectivity index (χ3n) is 3.15. The summed E-state index contributed by atoms with van der Waals surface area (Å²) in [5, 5.41) is 0. The quantitative estimate of drug-likeness (QED) is 0.784. The van der Waals surface area contributed by atoms with Crippen LogP contribution in [0.1, 0.15) is 39.2 Å². The van der Waals surface area contributed by atoms with Crippen molar-refractivity contribution in [2.45, 2.75) is 51.8 Å². The van der Waals surface area contributed by atoms with Crippen LogP contribution in [0.25, 0.3) is 0 Å². The maximum atomic E-state index is 12.2. The summed E-state index contributed by atoms with van der Waals surface area (Å²) in [6, 6.07) is 3.85. The largest absolute Gasteiger partial charge is 0.459 e. The third kappa shape index (κ3) is 4.03. The summed E-state index contributed by atoms with van der Waals surface area (Å²) in [5.41, 5.74) is 0.720. The summed E-state index contributed by atoms with van der Waals surface area (Å²) in [6.07, 6.45) is 5.54. The molecule has 0 amide bonds. The summed E-state index contributed by atoms with van der Waals surface area (Å²) in [6.45, 7) is 7.43. The lowest BCUT2D eigenvalue weighted by Gasteiger charge is -2.27. The SMILES string of the molecule is CC(C)(C)OC(=O)[C@@H]1CCCN1Cc1cccnc1. The molecule has 104 valence electrons. The minimum absolute atomic E-state index is 0.103. The Hall–Kier alpha value is -1.42.